The normalized spacial score (nSPS) is 16.0. The number of nitrogens with zero attached hydrogens (tertiary/aromatic N) is 2. The summed E-state index contributed by atoms with van der Waals surface area (Å²) in [5.74, 6) is 0.963. The van der Waals surface area contributed by atoms with Gasteiger partial charge in [-0.1, -0.05) is 63.2 Å². The Morgan fingerprint density at radius 1 is 0.815 bits per heavy atom. The maximum Gasteiger partial charge on any atom is 0.119 e. The minimum absolute atomic E-state index is 0. The van der Waals surface area contributed by atoms with Gasteiger partial charge < -0.3 is 9.64 Å². The van der Waals surface area contributed by atoms with E-state index in [4.69, 9.17) is 4.74 Å². The van der Waals surface area contributed by atoms with Crippen molar-refractivity contribution in [1.29, 1.82) is 0 Å². The van der Waals surface area contributed by atoms with Gasteiger partial charge in [0.1, 0.15) is 12.4 Å². The van der Waals surface area contributed by atoms with E-state index in [2.05, 4.69) is 85.2 Å². The molecule has 0 spiro atoms. The largest absolute Gasteiger partial charge is 0.492 e. The quantitative estimate of drug-likeness (QED) is 0.696. The SMILES string of the molecule is CCN1CCN(CCOc2ccc(C(C)(C)c3ccccc3)cc2)CC1.Cl. The predicted octanol–water partition coefficient (Wildman–Crippen LogP) is 4.45. The zero-order chi connectivity index (χ0) is 18.4. The van der Waals surface area contributed by atoms with Crippen LogP contribution in [-0.2, 0) is 5.41 Å². The van der Waals surface area contributed by atoms with Crippen molar-refractivity contribution in [1.82, 2.24) is 9.80 Å². The van der Waals surface area contributed by atoms with E-state index >= 15 is 0 Å². The van der Waals surface area contributed by atoms with Crippen molar-refractivity contribution in [2.45, 2.75) is 26.2 Å². The average molecular weight is 389 g/mol. The van der Waals surface area contributed by atoms with Gasteiger partial charge in [0.15, 0.2) is 0 Å². The molecule has 0 bridgehead atoms. The first-order chi connectivity index (χ1) is 12.6. The second-order valence-corrected chi connectivity index (χ2v) is 7.64. The van der Waals surface area contributed by atoms with E-state index < -0.39 is 0 Å². The third kappa shape index (κ3) is 5.71. The number of hydrogen-bond donors (Lipinski definition) is 0. The van der Waals surface area contributed by atoms with Crippen LogP contribution < -0.4 is 4.74 Å². The molecule has 27 heavy (non-hydrogen) atoms. The fourth-order valence-electron chi connectivity index (χ4n) is 3.61. The van der Waals surface area contributed by atoms with Gasteiger partial charge >= 0.3 is 0 Å². The zero-order valence-corrected chi connectivity index (χ0v) is 17.7. The van der Waals surface area contributed by atoms with E-state index in [1.54, 1.807) is 0 Å². The molecule has 1 aliphatic rings. The lowest BCUT2D eigenvalue weighted by molar-refractivity contribution is 0.121. The molecule has 2 aromatic carbocycles. The molecule has 1 saturated heterocycles. The molecule has 0 unspecified atom stereocenters. The Kier molecular flexibility index (Phi) is 8.15. The summed E-state index contributed by atoms with van der Waals surface area (Å²) >= 11 is 0. The number of likely N-dealkylation sites (N-methyl/N-ethyl adjacent to an activating group) is 1. The Bertz CT molecular complexity index is 665. The van der Waals surface area contributed by atoms with E-state index in [-0.39, 0.29) is 17.8 Å². The third-order valence-electron chi connectivity index (χ3n) is 5.66. The van der Waals surface area contributed by atoms with E-state index in [0.717, 1.165) is 38.5 Å². The molecule has 2 aromatic rings. The lowest BCUT2D eigenvalue weighted by Crippen LogP contribution is -2.47. The van der Waals surface area contributed by atoms with Crippen LogP contribution in [0.5, 0.6) is 5.75 Å². The minimum Gasteiger partial charge on any atom is -0.492 e. The van der Waals surface area contributed by atoms with Gasteiger partial charge in [0, 0.05) is 38.1 Å². The smallest absolute Gasteiger partial charge is 0.119 e. The van der Waals surface area contributed by atoms with Crippen LogP contribution in [0, 0.1) is 0 Å². The molecule has 0 aliphatic carbocycles. The molecule has 1 fully saturated rings. The summed E-state index contributed by atoms with van der Waals surface area (Å²) in [5.41, 5.74) is 2.64. The summed E-state index contributed by atoms with van der Waals surface area (Å²) in [6, 6.07) is 19.3. The van der Waals surface area contributed by atoms with Crippen LogP contribution >= 0.6 is 12.4 Å². The van der Waals surface area contributed by atoms with E-state index in [1.807, 2.05) is 0 Å². The first-order valence-electron chi connectivity index (χ1n) is 9.83. The number of piperazine rings is 1. The number of rotatable bonds is 7. The van der Waals surface area contributed by atoms with E-state index in [0.29, 0.717) is 0 Å². The van der Waals surface area contributed by atoms with Crippen LogP contribution in [0.3, 0.4) is 0 Å². The van der Waals surface area contributed by atoms with Crippen LogP contribution in [0.25, 0.3) is 0 Å². The molecule has 1 heterocycles. The predicted molar refractivity (Wildman–Crippen MR) is 116 cm³/mol. The number of halogens is 1. The fourth-order valence-corrected chi connectivity index (χ4v) is 3.61. The summed E-state index contributed by atoms with van der Waals surface area (Å²) in [7, 11) is 0. The molecule has 1 aliphatic heterocycles. The highest BCUT2D eigenvalue weighted by atomic mass is 35.5. The summed E-state index contributed by atoms with van der Waals surface area (Å²) in [5, 5.41) is 0. The lowest BCUT2D eigenvalue weighted by atomic mass is 9.78. The summed E-state index contributed by atoms with van der Waals surface area (Å²) in [6.07, 6.45) is 0. The highest BCUT2D eigenvalue weighted by molar-refractivity contribution is 5.85. The number of benzene rings is 2. The van der Waals surface area contributed by atoms with Crippen molar-refractivity contribution in [3.05, 3.63) is 65.7 Å². The van der Waals surface area contributed by atoms with Crippen molar-refractivity contribution in [3.63, 3.8) is 0 Å². The van der Waals surface area contributed by atoms with Gasteiger partial charge in [0.05, 0.1) is 0 Å². The van der Waals surface area contributed by atoms with Crippen molar-refractivity contribution in [2.75, 3.05) is 45.9 Å². The Morgan fingerprint density at radius 3 is 1.96 bits per heavy atom. The van der Waals surface area contributed by atoms with Gasteiger partial charge in [0.25, 0.3) is 0 Å². The van der Waals surface area contributed by atoms with Crippen molar-refractivity contribution in [3.8, 4) is 5.75 Å². The lowest BCUT2D eigenvalue weighted by Gasteiger charge is -2.33. The maximum atomic E-state index is 5.98. The summed E-state index contributed by atoms with van der Waals surface area (Å²) in [4.78, 5) is 5.00. The van der Waals surface area contributed by atoms with Crippen LogP contribution in [0.4, 0.5) is 0 Å². The molecule has 0 saturated carbocycles. The molecule has 0 N–H and O–H groups in total. The summed E-state index contributed by atoms with van der Waals surface area (Å²) < 4.78 is 5.98. The number of hydrogen-bond acceptors (Lipinski definition) is 3. The molecular formula is C23H33ClN2O. The third-order valence-corrected chi connectivity index (χ3v) is 5.66. The molecule has 3 rings (SSSR count). The van der Waals surface area contributed by atoms with Crippen LogP contribution in [0.2, 0.25) is 0 Å². The van der Waals surface area contributed by atoms with Gasteiger partial charge in [-0.05, 0) is 29.8 Å². The molecule has 148 valence electrons. The maximum absolute atomic E-state index is 5.98. The zero-order valence-electron chi connectivity index (χ0n) is 16.9. The topological polar surface area (TPSA) is 15.7 Å². The first kappa shape index (κ1) is 21.7. The van der Waals surface area contributed by atoms with E-state index in [9.17, 15) is 0 Å². The number of ether oxygens (including phenoxy) is 1. The molecular weight excluding hydrogens is 356 g/mol. The molecule has 0 amide bonds. The van der Waals surface area contributed by atoms with Crippen molar-refractivity contribution in [2.24, 2.45) is 0 Å². The molecule has 0 aromatic heterocycles. The Balaban J connectivity index is 0.00000261. The first-order valence-corrected chi connectivity index (χ1v) is 9.83. The Labute approximate surface area is 170 Å². The highest BCUT2D eigenvalue weighted by Gasteiger charge is 2.22. The van der Waals surface area contributed by atoms with Crippen LogP contribution in [-0.4, -0.2) is 55.7 Å². The standard InChI is InChI=1S/C23H32N2O.ClH/c1-4-24-14-16-25(17-15-24)18-19-26-22-12-10-21(11-13-22)23(2,3)20-8-6-5-7-9-20;/h5-13H,4,14-19H2,1-3H3;1H. The van der Waals surface area contributed by atoms with Crippen molar-refractivity contribution < 1.29 is 4.74 Å². The molecule has 3 nitrogen and oxygen atoms in total. The Hall–Kier alpha value is -1.55. The molecule has 0 radical (unpaired) electrons. The van der Waals surface area contributed by atoms with Crippen LogP contribution in [0.1, 0.15) is 31.9 Å². The van der Waals surface area contributed by atoms with Gasteiger partial charge in [-0.25, -0.2) is 0 Å². The second-order valence-electron chi connectivity index (χ2n) is 7.64. The minimum atomic E-state index is -0.00125. The fraction of sp³-hybridized carbons (Fsp3) is 0.478. The summed E-state index contributed by atoms with van der Waals surface area (Å²) in [6.45, 7) is 14.4. The van der Waals surface area contributed by atoms with Gasteiger partial charge in [-0.15, -0.1) is 12.4 Å². The monoisotopic (exact) mass is 388 g/mol. The van der Waals surface area contributed by atoms with E-state index in [1.165, 1.54) is 24.2 Å². The average Bonchev–Trinajstić information content (AvgIpc) is 2.69. The van der Waals surface area contributed by atoms with Gasteiger partial charge in [-0.3, -0.25) is 4.90 Å². The Morgan fingerprint density at radius 2 is 1.37 bits per heavy atom. The highest BCUT2D eigenvalue weighted by Crippen LogP contribution is 2.32. The second kappa shape index (κ2) is 10.1. The molecule has 0 atom stereocenters. The van der Waals surface area contributed by atoms with Crippen molar-refractivity contribution >= 4 is 12.4 Å². The van der Waals surface area contributed by atoms with Gasteiger partial charge in [-0.2, -0.15) is 0 Å². The molecule has 4 heteroatoms. The van der Waals surface area contributed by atoms with Gasteiger partial charge in [0.2, 0.25) is 0 Å². The van der Waals surface area contributed by atoms with Crippen LogP contribution in [0.15, 0.2) is 54.6 Å².